The predicted octanol–water partition coefficient (Wildman–Crippen LogP) is 0.918. The highest BCUT2D eigenvalue weighted by atomic mass is 16.7. The van der Waals surface area contributed by atoms with Crippen LogP contribution in [0, 0.1) is 5.92 Å². The van der Waals surface area contributed by atoms with Gasteiger partial charge in [-0.2, -0.15) is 0 Å². The molecule has 0 aromatic rings. The van der Waals surface area contributed by atoms with E-state index in [1.54, 1.807) is 0 Å². The minimum Gasteiger partial charge on any atom is -0.422 e. The summed E-state index contributed by atoms with van der Waals surface area (Å²) in [5, 5.41) is 0. The SMILES string of the molecule is CC(C)N=CC1C(=O)OC(C)(C)OC1=O. The zero-order valence-electron chi connectivity index (χ0n) is 9.31. The van der Waals surface area contributed by atoms with E-state index in [9.17, 15) is 9.59 Å². The average Bonchev–Trinajstić information content (AvgIpc) is 1.98. The van der Waals surface area contributed by atoms with Gasteiger partial charge in [0.15, 0.2) is 5.92 Å². The summed E-state index contributed by atoms with van der Waals surface area (Å²) in [5.41, 5.74) is 0. The Morgan fingerprint density at radius 1 is 1.27 bits per heavy atom. The zero-order chi connectivity index (χ0) is 11.6. The monoisotopic (exact) mass is 213 g/mol. The standard InChI is InChI=1S/C10H15NO4/c1-6(2)11-5-7-8(12)14-10(3,4)15-9(7)13/h5-7H,1-4H3. The summed E-state index contributed by atoms with van der Waals surface area (Å²) in [6.45, 7) is 6.72. The highest BCUT2D eigenvalue weighted by Crippen LogP contribution is 2.22. The molecule has 15 heavy (non-hydrogen) atoms. The van der Waals surface area contributed by atoms with Gasteiger partial charge >= 0.3 is 11.9 Å². The van der Waals surface area contributed by atoms with Crippen molar-refractivity contribution in [3.05, 3.63) is 0 Å². The fourth-order valence-corrected chi connectivity index (χ4v) is 1.11. The molecule has 5 nitrogen and oxygen atoms in total. The van der Waals surface area contributed by atoms with Crippen molar-refractivity contribution in [2.45, 2.75) is 39.5 Å². The number of esters is 2. The molecule has 1 heterocycles. The third kappa shape index (κ3) is 3.04. The normalized spacial score (nSPS) is 21.9. The van der Waals surface area contributed by atoms with E-state index in [2.05, 4.69) is 4.99 Å². The summed E-state index contributed by atoms with van der Waals surface area (Å²) in [5.74, 6) is -3.42. The Labute approximate surface area is 88.5 Å². The van der Waals surface area contributed by atoms with Crippen LogP contribution in [0.2, 0.25) is 0 Å². The van der Waals surface area contributed by atoms with Crippen molar-refractivity contribution in [1.29, 1.82) is 0 Å². The highest BCUT2D eigenvalue weighted by Gasteiger charge is 2.42. The molecule has 0 N–H and O–H groups in total. The number of cyclic esters (lactones) is 2. The number of carbonyl (C=O) groups is 2. The van der Waals surface area contributed by atoms with Crippen LogP contribution in [0.15, 0.2) is 4.99 Å². The zero-order valence-corrected chi connectivity index (χ0v) is 9.31. The Morgan fingerprint density at radius 2 is 1.73 bits per heavy atom. The van der Waals surface area contributed by atoms with Crippen LogP contribution in [-0.2, 0) is 19.1 Å². The summed E-state index contributed by atoms with van der Waals surface area (Å²) in [6, 6.07) is 0.0283. The molecule has 1 aliphatic heterocycles. The summed E-state index contributed by atoms with van der Waals surface area (Å²) >= 11 is 0. The van der Waals surface area contributed by atoms with Gasteiger partial charge in [0.2, 0.25) is 0 Å². The molecule has 5 heteroatoms. The molecule has 1 fully saturated rings. The molecule has 0 atom stereocenters. The van der Waals surface area contributed by atoms with Crippen molar-refractivity contribution < 1.29 is 19.1 Å². The molecule has 1 aliphatic rings. The van der Waals surface area contributed by atoms with E-state index in [4.69, 9.17) is 9.47 Å². The Bertz CT molecular complexity index is 287. The van der Waals surface area contributed by atoms with E-state index in [1.165, 1.54) is 20.1 Å². The van der Waals surface area contributed by atoms with Crippen molar-refractivity contribution in [3.63, 3.8) is 0 Å². The number of nitrogens with zero attached hydrogens (tertiary/aromatic N) is 1. The molecule has 0 radical (unpaired) electrons. The molecule has 0 saturated carbocycles. The molecule has 1 rings (SSSR count). The first-order chi connectivity index (χ1) is 6.82. The van der Waals surface area contributed by atoms with Crippen molar-refractivity contribution >= 4 is 18.2 Å². The molecular weight excluding hydrogens is 198 g/mol. The van der Waals surface area contributed by atoms with Crippen LogP contribution in [0.25, 0.3) is 0 Å². The van der Waals surface area contributed by atoms with Gasteiger partial charge in [0.05, 0.1) is 0 Å². The van der Waals surface area contributed by atoms with Gasteiger partial charge < -0.3 is 9.47 Å². The summed E-state index contributed by atoms with van der Waals surface area (Å²) in [4.78, 5) is 26.8. The number of hydrogen-bond acceptors (Lipinski definition) is 5. The lowest BCUT2D eigenvalue weighted by atomic mass is 10.1. The Hall–Kier alpha value is -1.39. The molecule has 1 saturated heterocycles. The third-order valence-electron chi connectivity index (χ3n) is 1.73. The van der Waals surface area contributed by atoms with Crippen LogP contribution in [0.4, 0.5) is 0 Å². The number of ether oxygens (including phenoxy) is 2. The van der Waals surface area contributed by atoms with Crippen molar-refractivity contribution in [3.8, 4) is 0 Å². The van der Waals surface area contributed by atoms with Crippen molar-refractivity contribution in [2.75, 3.05) is 0 Å². The van der Waals surface area contributed by atoms with Gasteiger partial charge in [0.25, 0.3) is 5.79 Å². The van der Waals surface area contributed by atoms with Crippen LogP contribution in [0.1, 0.15) is 27.7 Å². The minimum absolute atomic E-state index is 0.0283. The summed E-state index contributed by atoms with van der Waals surface area (Å²) in [6.07, 6.45) is 1.28. The van der Waals surface area contributed by atoms with E-state index < -0.39 is 23.6 Å². The topological polar surface area (TPSA) is 65.0 Å². The van der Waals surface area contributed by atoms with E-state index in [1.807, 2.05) is 13.8 Å². The number of aliphatic imine (C=N–C) groups is 1. The molecular formula is C10H15NO4. The van der Waals surface area contributed by atoms with Gasteiger partial charge in [-0.25, -0.2) is 0 Å². The Kier molecular flexibility index (Phi) is 3.12. The van der Waals surface area contributed by atoms with E-state index in [-0.39, 0.29) is 6.04 Å². The maximum atomic E-state index is 11.4. The van der Waals surface area contributed by atoms with Gasteiger partial charge in [-0.15, -0.1) is 0 Å². The fourth-order valence-electron chi connectivity index (χ4n) is 1.11. The van der Waals surface area contributed by atoms with Crippen LogP contribution >= 0.6 is 0 Å². The number of rotatable bonds is 2. The van der Waals surface area contributed by atoms with E-state index in [0.717, 1.165) is 0 Å². The van der Waals surface area contributed by atoms with Crippen LogP contribution in [-0.4, -0.2) is 30.0 Å². The molecule has 84 valence electrons. The van der Waals surface area contributed by atoms with E-state index >= 15 is 0 Å². The van der Waals surface area contributed by atoms with Gasteiger partial charge in [0.1, 0.15) is 0 Å². The maximum Gasteiger partial charge on any atom is 0.329 e. The quantitative estimate of drug-likeness (QED) is 0.388. The first-order valence-electron chi connectivity index (χ1n) is 4.81. The second kappa shape index (κ2) is 4.00. The molecule has 0 aromatic carbocycles. The first-order valence-corrected chi connectivity index (χ1v) is 4.81. The molecule has 0 aromatic heterocycles. The Balaban J connectivity index is 2.76. The van der Waals surface area contributed by atoms with Gasteiger partial charge in [-0.3, -0.25) is 14.6 Å². The average molecular weight is 213 g/mol. The predicted molar refractivity (Wildman–Crippen MR) is 53.4 cm³/mol. The van der Waals surface area contributed by atoms with Gasteiger partial charge in [0, 0.05) is 26.1 Å². The maximum absolute atomic E-state index is 11.4. The van der Waals surface area contributed by atoms with E-state index in [0.29, 0.717) is 0 Å². The van der Waals surface area contributed by atoms with Crippen LogP contribution in [0.5, 0.6) is 0 Å². The Morgan fingerprint density at radius 3 is 2.13 bits per heavy atom. The lowest BCUT2D eigenvalue weighted by Gasteiger charge is -2.31. The summed E-state index contributed by atoms with van der Waals surface area (Å²) < 4.78 is 9.83. The second-order valence-corrected chi connectivity index (χ2v) is 4.11. The fraction of sp³-hybridized carbons (Fsp3) is 0.700. The first kappa shape index (κ1) is 11.7. The number of carbonyl (C=O) groups excluding carboxylic acids is 2. The van der Waals surface area contributed by atoms with Crippen molar-refractivity contribution in [2.24, 2.45) is 10.9 Å². The smallest absolute Gasteiger partial charge is 0.329 e. The minimum atomic E-state index is -1.17. The van der Waals surface area contributed by atoms with Crippen LogP contribution in [0.3, 0.4) is 0 Å². The number of hydrogen-bond donors (Lipinski definition) is 0. The molecule has 0 amide bonds. The largest absolute Gasteiger partial charge is 0.422 e. The lowest BCUT2D eigenvalue weighted by molar-refractivity contribution is -0.235. The molecule has 0 bridgehead atoms. The van der Waals surface area contributed by atoms with Gasteiger partial charge in [-0.1, -0.05) is 0 Å². The van der Waals surface area contributed by atoms with Crippen LogP contribution < -0.4 is 0 Å². The third-order valence-corrected chi connectivity index (χ3v) is 1.73. The highest BCUT2D eigenvalue weighted by molar-refractivity contribution is 6.10. The molecule has 0 spiro atoms. The van der Waals surface area contributed by atoms with Crippen molar-refractivity contribution in [1.82, 2.24) is 0 Å². The summed E-state index contributed by atoms with van der Waals surface area (Å²) in [7, 11) is 0. The second-order valence-electron chi connectivity index (χ2n) is 4.11. The molecule has 0 aliphatic carbocycles. The lowest BCUT2D eigenvalue weighted by Crippen LogP contribution is -2.46. The molecule has 0 unspecified atom stereocenters. The van der Waals surface area contributed by atoms with Gasteiger partial charge in [-0.05, 0) is 13.8 Å².